The summed E-state index contributed by atoms with van der Waals surface area (Å²) in [5, 5.41) is 1.23. The molecule has 3 aromatic rings. The number of nitrogens with zero attached hydrogens (tertiary/aromatic N) is 1. The second-order valence-corrected chi connectivity index (χ2v) is 6.33. The SMILES string of the molecule is CCC(C)c1ccc2nc(-c3cc(C)cc(C)c3)ccc2c1. The summed E-state index contributed by atoms with van der Waals surface area (Å²) in [6.45, 7) is 8.78. The van der Waals surface area contributed by atoms with Gasteiger partial charge < -0.3 is 0 Å². The second-order valence-electron chi connectivity index (χ2n) is 6.33. The number of rotatable bonds is 3. The highest BCUT2D eigenvalue weighted by atomic mass is 14.7. The summed E-state index contributed by atoms with van der Waals surface area (Å²) in [6, 6.07) is 17.6. The molecule has 0 amide bonds. The maximum atomic E-state index is 4.85. The van der Waals surface area contributed by atoms with Crippen LogP contribution in [-0.4, -0.2) is 4.98 Å². The molecule has 1 aromatic heterocycles. The molecule has 1 nitrogen and oxygen atoms in total. The van der Waals surface area contributed by atoms with Crippen LogP contribution in [0.1, 0.15) is 42.9 Å². The molecule has 0 saturated heterocycles. The summed E-state index contributed by atoms with van der Waals surface area (Å²) >= 11 is 0. The maximum absolute atomic E-state index is 4.85. The van der Waals surface area contributed by atoms with Crippen molar-refractivity contribution in [3.05, 3.63) is 65.2 Å². The van der Waals surface area contributed by atoms with Crippen molar-refractivity contribution in [3.63, 3.8) is 0 Å². The Balaban J connectivity index is 2.06. The van der Waals surface area contributed by atoms with Crippen molar-refractivity contribution < 1.29 is 0 Å². The molecule has 0 fully saturated rings. The first kappa shape index (κ1) is 14.8. The molecule has 1 heteroatoms. The molecule has 0 spiro atoms. The summed E-state index contributed by atoms with van der Waals surface area (Å²) in [5.41, 5.74) is 7.29. The third-order valence-corrected chi connectivity index (χ3v) is 4.41. The van der Waals surface area contributed by atoms with Crippen LogP contribution < -0.4 is 0 Å². The lowest BCUT2D eigenvalue weighted by Gasteiger charge is -2.11. The van der Waals surface area contributed by atoms with Crippen LogP contribution in [0, 0.1) is 13.8 Å². The van der Waals surface area contributed by atoms with Crippen molar-refractivity contribution >= 4 is 10.9 Å². The lowest BCUT2D eigenvalue weighted by Crippen LogP contribution is -1.92. The van der Waals surface area contributed by atoms with Gasteiger partial charge in [0, 0.05) is 10.9 Å². The summed E-state index contributed by atoms with van der Waals surface area (Å²) in [6.07, 6.45) is 1.17. The molecule has 0 radical (unpaired) electrons. The average molecular weight is 289 g/mol. The fraction of sp³-hybridized carbons (Fsp3) is 0.286. The molecule has 112 valence electrons. The largest absolute Gasteiger partial charge is 0.248 e. The Morgan fingerprint density at radius 1 is 0.909 bits per heavy atom. The maximum Gasteiger partial charge on any atom is 0.0709 e. The fourth-order valence-electron chi connectivity index (χ4n) is 2.97. The Kier molecular flexibility index (Phi) is 3.98. The number of hydrogen-bond acceptors (Lipinski definition) is 1. The van der Waals surface area contributed by atoms with Crippen LogP contribution in [0.5, 0.6) is 0 Å². The number of aryl methyl sites for hydroxylation is 2. The zero-order chi connectivity index (χ0) is 15.7. The van der Waals surface area contributed by atoms with E-state index in [1.807, 2.05) is 0 Å². The van der Waals surface area contributed by atoms with Crippen LogP contribution in [0.3, 0.4) is 0 Å². The standard InChI is InChI=1S/C21H23N/c1-5-16(4)17-6-8-20-18(13-17)7-9-21(22-20)19-11-14(2)10-15(3)12-19/h6-13,16H,5H2,1-4H3. The Labute approximate surface area is 133 Å². The molecule has 0 aliphatic rings. The molecule has 1 unspecified atom stereocenters. The number of aromatic nitrogens is 1. The van der Waals surface area contributed by atoms with E-state index in [1.54, 1.807) is 0 Å². The molecular formula is C21H23N. The smallest absolute Gasteiger partial charge is 0.0709 e. The Bertz CT molecular complexity index is 797. The predicted molar refractivity (Wildman–Crippen MR) is 95.4 cm³/mol. The monoisotopic (exact) mass is 289 g/mol. The molecule has 0 aliphatic carbocycles. The van der Waals surface area contributed by atoms with Gasteiger partial charge in [-0.1, -0.05) is 43.2 Å². The minimum atomic E-state index is 0.600. The van der Waals surface area contributed by atoms with Gasteiger partial charge in [-0.05, 0) is 62.1 Å². The molecule has 1 heterocycles. The first-order valence-corrected chi connectivity index (χ1v) is 8.06. The zero-order valence-electron chi connectivity index (χ0n) is 13.9. The van der Waals surface area contributed by atoms with Crippen molar-refractivity contribution in [2.75, 3.05) is 0 Å². The molecule has 0 saturated carbocycles. The van der Waals surface area contributed by atoms with E-state index in [0.29, 0.717) is 5.92 Å². The van der Waals surface area contributed by atoms with Crippen molar-refractivity contribution in [3.8, 4) is 11.3 Å². The lowest BCUT2D eigenvalue weighted by molar-refractivity contribution is 0.734. The van der Waals surface area contributed by atoms with E-state index >= 15 is 0 Å². The molecule has 2 aromatic carbocycles. The summed E-state index contributed by atoms with van der Waals surface area (Å²) in [5.74, 6) is 0.600. The zero-order valence-corrected chi connectivity index (χ0v) is 13.9. The van der Waals surface area contributed by atoms with E-state index in [2.05, 4.69) is 76.2 Å². The van der Waals surface area contributed by atoms with Crippen molar-refractivity contribution in [2.24, 2.45) is 0 Å². The first-order valence-electron chi connectivity index (χ1n) is 8.06. The van der Waals surface area contributed by atoms with Gasteiger partial charge in [-0.15, -0.1) is 0 Å². The van der Waals surface area contributed by atoms with Gasteiger partial charge >= 0.3 is 0 Å². The third-order valence-electron chi connectivity index (χ3n) is 4.41. The van der Waals surface area contributed by atoms with Gasteiger partial charge in [0.1, 0.15) is 0 Å². The Morgan fingerprint density at radius 3 is 2.32 bits per heavy atom. The molecular weight excluding hydrogens is 266 g/mol. The van der Waals surface area contributed by atoms with E-state index in [1.165, 1.54) is 34.1 Å². The van der Waals surface area contributed by atoms with Crippen LogP contribution in [0.4, 0.5) is 0 Å². The second kappa shape index (κ2) is 5.92. The van der Waals surface area contributed by atoms with Gasteiger partial charge in [-0.3, -0.25) is 0 Å². The third kappa shape index (κ3) is 2.89. The van der Waals surface area contributed by atoms with Gasteiger partial charge in [0.25, 0.3) is 0 Å². The van der Waals surface area contributed by atoms with E-state index in [0.717, 1.165) is 11.2 Å². The van der Waals surface area contributed by atoms with Crippen LogP contribution >= 0.6 is 0 Å². The fourth-order valence-corrected chi connectivity index (χ4v) is 2.97. The number of pyridine rings is 1. The molecule has 0 aliphatic heterocycles. The number of benzene rings is 2. The minimum absolute atomic E-state index is 0.600. The highest BCUT2D eigenvalue weighted by Crippen LogP contribution is 2.26. The van der Waals surface area contributed by atoms with Gasteiger partial charge in [-0.25, -0.2) is 4.98 Å². The number of hydrogen-bond donors (Lipinski definition) is 0. The molecule has 1 atom stereocenters. The van der Waals surface area contributed by atoms with Crippen molar-refractivity contribution in [1.29, 1.82) is 0 Å². The van der Waals surface area contributed by atoms with Crippen molar-refractivity contribution in [2.45, 2.75) is 40.0 Å². The Hall–Kier alpha value is -2.15. The van der Waals surface area contributed by atoms with Crippen LogP contribution in [0.25, 0.3) is 22.2 Å². The average Bonchev–Trinajstić information content (AvgIpc) is 2.52. The predicted octanol–water partition coefficient (Wildman–Crippen LogP) is 6.03. The molecule has 3 rings (SSSR count). The van der Waals surface area contributed by atoms with Crippen molar-refractivity contribution in [1.82, 2.24) is 4.98 Å². The molecule has 0 bridgehead atoms. The summed E-state index contributed by atoms with van der Waals surface area (Å²) in [4.78, 5) is 4.85. The quantitative estimate of drug-likeness (QED) is 0.573. The van der Waals surface area contributed by atoms with Gasteiger partial charge in [0.2, 0.25) is 0 Å². The van der Waals surface area contributed by atoms with E-state index in [4.69, 9.17) is 4.98 Å². The number of fused-ring (bicyclic) bond motifs is 1. The van der Waals surface area contributed by atoms with Crippen LogP contribution in [0.2, 0.25) is 0 Å². The Morgan fingerprint density at radius 2 is 1.64 bits per heavy atom. The summed E-state index contributed by atoms with van der Waals surface area (Å²) in [7, 11) is 0. The van der Waals surface area contributed by atoms with Gasteiger partial charge in [0.05, 0.1) is 11.2 Å². The molecule has 22 heavy (non-hydrogen) atoms. The highest BCUT2D eigenvalue weighted by molar-refractivity contribution is 5.82. The van der Waals surface area contributed by atoms with Gasteiger partial charge in [0.15, 0.2) is 0 Å². The topological polar surface area (TPSA) is 12.9 Å². The van der Waals surface area contributed by atoms with Crippen LogP contribution in [0.15, 0.2) is 48.5 Å². The lowest BCUT2D eigenvalue weighted by atomic mass is 9.97. The minimum Gasteiger partial charge on any atom is -0.248 e. The molecule has 0 N–H and O–H groups in total. The first-order chi connectivity index (χ1) is 10.6. The van der Waals surface area contributed by atoms with E-state index < -0.39 is 0 Å². The van der Waals surface area contributed by atoms with Gasteiger partial charge in [-0.2, -0.15) is 0 Å². The van der Waals surface area contributed by atoms with Crippen LogP contribution in [-0.2, 0) is 0 Å². The highest BCUT2D eigenvalue weighted by Gasteiger charge is 2.06. The normalized spacial score (nSPS) is 12.5. The summed E-state index contributed by atoms with van der Waals surface area (Å²) < 4.78 is 0. The van der Waals surface area contributed by atoms with E-state index in [9.17, 15) is 0 Å². The van der Waals surface area contributed by atoms with E-state index in [-0.39, 0.29) is 0 Å².